The molecule has 0 radical (unpaired) electrons. The van der Waals surface area contributed by atoms with Crippen molar-refractivity contribution < 1.29 is 32.3 Å². The molecular formula is C18H22N2O7S. The number of nitrogens with zero attached hydrogens (tertiary/aromatic N) is 1. The fourth-order valence-electron chi connectivity index (χ4n) is 2.17. The Kier molecular flexibility index (Phi) is 7.30. The van der Waals surface area contributed by atoms with Crippen LogP contribution in [0, 0.1) is 0 Å². The lowest BCUT2D eigenvalue weighted by atomic mass is 10.2. The number of nitrogens with one attached hydrogen (secondary N) is 1. The van der Waals surface area contributed by atoms with Gasteiger partial charge in [-0.05, 0) is 36.6 Å². The summed E-state index contributed by atoms with van der Waals surface area (Å²) in [6.45, 7) is -0.808. The van der Waals surface area contributed by atoms with E-state index in [-0.39, 0.29) is 10.9 Å². The molecule has 2 rings (SSSR count). The zero-order valence-corrected chi connectivity index (χ0v) is 16.4. The fraction of sp³-hybridized carbons (Fsp3) is 0.389. The zero-order chi connectivity index (χ0) is 20.7. The van der Waals surface area contributed by atoms with Gasteiger partial charge in [0.15, 0.2) is 0 Å². The minimum absolute atomic E-state index is 0.0119. The van der Waals surface area contributed by atoms with Crippen molar-refractivity contribution in [3.05, 3.63) is 35.9 Å². The largest absolute Gasteiger partial charge is 0.468 e. The molecule has 0 bridgehead atoms. The minimum atomic E-state index is -3.54. The van der Waals surface area contributed by atoms with Crippen LogP contribution in [0.3, 0.4) is 0 Å². The van der Waals surface area contributed by atoms with Gasteiger partial charge in [-0.3, -0.25) is 14.4 Å². The van der Waals surface area contributed by atoms with Crippen LogP contribution in [-0.4, -0.2) is 64.5 Å². The number of methoxy groups -OCH3 is 2. The highest BCUT2D eigenvalue weighted by molar-refractivity contribution is 7.89. The van der Waals surface area contributed by atoms with Crippen LogP contribution in [0.5, 0.6) is 0 Å². The third-order valence-corrected chi connectivity index (χ3v) is 5.45. The predicted molar refractivity (Wildman–Crippen MR) is 99.4 cm³/mol. The Bertz CT molecular complexity index is 840. The molecular weight excluding hydrogens is 388 g/mol. The third-order valence-electron chi connectivity index (χ3n) is 3.91. The molecule has 152 valence electrons. The molecule has 0 aromatic heterocycles. The summed E-state index contributed by atoms with van der Waals surface area (Å²) in [7, 11) is -1.20. The normalized spacial score (nSPS) is 13.9. The van der Waals surface area contributed by atoms with E-state index in [4.69, 9.17) is 0 Å². The smallest absolute Gasteiger partial charge is 0.325 e. The molecule has 0 unspecified atom stereocenters. The fourth-order valence-corrected chi connectivity index (χ4v) is 3.48. The van der Waals surface area contributed by atoms with Gasteiger partial charge in [0.1, 0.15) is 13.1 Å². The van der Waals surface area contributed by atoms with Crippen molar-refractivity contribution in [3.63, 3.8) is 0 Å². The second kappa shape index (κ2) is 9.47. The van der Waals surface area contributed by atoms with Gasteiger partial charge < -0.3 is 14.4 Å². The molecule has 28 heavy (non-hydrogen) atoms. The molecule has 1 amide bonds. The summed E-state index contributed by atoms with van der Waals surface area (Å²) >= 11 is 0. The van der Waals surface area contributed by atoms with Crippen LogP contribution < -0.4 is 4.72 Å². The van der Waals surface area contributed by atoms with Crippen molar-refractivity contribution in [2.24, 2.45) is 0 Å². The first-order valence-corrected chi connectivity index (χ1v) is 9.96. The Hall–Kier alpha value is -2.72. The lowest BCUT2D eigenvalue weighted by molar-refractivity contribution is -0.150. The highest BCUT2D eigenvalue weighted by atomic mass is 32.2. The van der Waals surface area contributed by atoms with Gasteiger partial charge in [0.25, 0.3) is 0 Å². The van der Waals surface area contributed by atoms with Crippen LogP contribution in [0.1, 0.15) is 18.4 Å². The maximum Gasteiger partial charge on any atom is 0.325 e. The first kappa shape index (κ1) is 21.6. The maximum atomic E-state index is 12.3. The Labute approximate surface area is 163 Å². The summed E-state index contributed by atoms with van der Waals surface area (Å²) in [6, 6.07) is 6.00. The highest BCUT2D eigenvalue weighted by Gasteiger charge is 2.27. The molecule has 1 aliphatic rings. The van der Waals surface area contributed by atoms with E-state index >= 15 is 0 Å². The summed E-state index contributed by atoms with van der Waals surface area (Å²) in [4.78, 5) is 36.3. The van der Waals surface area contributed by atoms with E-state index < -0.39 is 41.0 Å². The SMILES string of the molecule is COC(=O)CN(CC(=O)OC)C(=O)/C=C/c1ccc(S(=O)(=O)NC2CC2)cc1. The molecule has 1 saturated carbocycles. The van der Waals surface area contributed by atoms with Crippen molar-refractivity contribution in [2.75, 3.05) is 27.3 Å². The first-order chi connectivity index (χ1) is 13.2. The van der Waals surface area contributed by atoms with E-state index in [2.05, 4.69) is 14.2 Å². The molecule has 1 aromatic carbocycles. The predicted octanol–water partition coefficient (Wildman–Crippen LogP) is 0.315. The van der Waals surface area contributed by atoms with Crippen LogP contribution in [0.2, 0.25) is 0 Å². The van der Waals surface area contributed by atoms with Crippen molar-refractivity contribution in [2.45, 2.75) is 23.8 Å². The molecule has 0 spiro atoms. The Morgan fingerprint density at radius 3 is 2.07 bits per heavy atom. The number of amides is 1. The summed E-state index contributed by atoms with van der Waals surface area (Å²) in [6.07, 6.45) is 4.32. The van der Waals surface area contributed by atoms with Crippen LogP contribution >= 0.6 is 0 Å². The van der Waals surface area contributed by atoms with E-state index in [1.165, 1.54) is 38.5 Å². The molecule has 1 fully saturated rings. The first-order valence-electron chi connectivity index (χ1n) is 8.48. The molecule has 0 aliphatic heterocycles. The van der Waals surface area contributed by atoms with Crippen LogP contribution in [0.4, 0.5) is 0 Å². The van der Waals surface area contributed by atoms with Crippen molar-refractivity contribution in [3.8, 4) is 0 Å². The van der Waals surface area contributed by atoms with Crippen LogP contribution in [-0.2, 0) is 33.9 Å². The van der Waals surface area contributed by atoms with Crippen molar-refractivity contribution in [1.29, 1.82) is 0 Å². The maximum absolute atomic E-state index is 12.3. The Morgan fingerprint density at radius 2 is 1.61 bits per heavy atom. The number of esters is 2. The van der Waals surface area contributed by atoms with Crippen molar-refractivity contribution in [1.82, 2.24) is 9.62 Å². The number of hydrogen-bond acceptors (Lipinski definition) is 7. The molecule has 0 heterocycles. The van der Waals surface area contributed by atoms with Gasteiger partial charge >= 0.3 is 11.9 Å². The molecule has 10 heteroatoms. The molecule has 1 N–H and O–H groups in total. The summed E-state index contributed by atoms with van der Waals surface area (Å²) < 4.78 is 35.9. The van der Waals surface area contributed by atoms with Gasteiger partial charge in [-0.1, -0.05) is 12.1 Å². The van der Waals surface area contributed by atoms with E-state index in [9.17, 15) is 22.8 Å². The van der Waals surface area contributed by atoms with E-state index in [1.807, 2.05) is 0 Å². The summed E-state index contributed by atoms with van der Waals surface area (Å²) in [5.74, 6) is -1.95. The van der Waals surface area contributed by atoms with E-state index in [0.717, 1.165) is 17.7 Å². The Morgan fingerprint density at radius 1 is 1.07 bits per heavy atom. The van der Waals surface area contributed by atoms with Gasteiger partial charge in [0, 0.05) is 12.1 Å². The lowest BCUT2D eigenvalue weighted by Crippen LogP contribution is -2.39. The second-order valence-electron chi connectivity index (χ2n) is 6.14. The van der Waals surface area contributed by atoms with E-state index in [1.54, 1.807) is 12.1 Å². The number of carbonyl (C=O) groups excluding carboxylic acids is 3. The molecule has 0 atom stereocenters. The number of carbonyl (C=O) groups is 3. The molecule has 0 saturated heterocycles. The topological polar surface area (TPSA) is 119 Å². The van der Waals surface area contributed by atoms with Crippen molar-refractivity contribution >= 4 is 33.9 Å². The third kappa shape index (κ3) is 6.46. The van der Waals surface area contributed by atoms with Gasteiger partial charge in [-0.25, -0.2) is 13.1 Å². The van der Waals surface area contributed by atoms with Gasteiger partial charge in [-0.2, -0.15) is 0 Å². The zero-order valence-electron chi connectivity index (χ0n) is 15.6. The number of sulfonamides is 1. The van der Waals surface area contributed by atoms with Crippen LogP contribution in [0.15, 0.2) is 35.2 Å². The number of benzene rings is 1. The average molecular weight is 410 g/mol. The van der Waals surface area contributed by atoms with E-state index in [0.29, 0.717) is 5.56 Å². The van der Waals surface area contributed by atoms with Gasteiger partial charge in [-0.15, -0.1) is 0 Å². The summed E-state index contributed by atoms with van der Waals surface area (Å²) in [5, 5.41) is 0. The number of hydrogen-bond donors (Lipinski definition) is 1. The molecule has 1 aromatic rings. The van der Waals surface area contributed by atoms with Gasteiger partial charge in [0.05, 0.1) is 19.1 Å². The standard InChI is InChI=1S/C18H22N2O7S/c1-26-17(22)11-20(12-18(23)27-2)16(21)10-5-13-3-8-15(9-4-13)28(24,25)19-14-6-7-14/h3-5,8-10,14,19H,6-7,11-12H2,1-2H3/b10-5+. The lowest BCUT2D eigenvalue weighted by Gasteiger charge is -2.18. The Balaban J connectivity index is 2.05. The number of ether oxygens (including phenoxy) is 2. The molecule has 9 nitrogen and oxygen atoms in total. The summed E-state index contributed by atoms with van der Waals surface area (Å²) in [5.41, 5.74) is 0.579. The van der Waals surface area contributed by atoms with Gasteiger partial charge in [0.2, 0.25) is 15.9 Å². The average Bonchev–Trinajstić information content (AvgIpc) is 3.48. The second-order valence-corrected chi connectivity index (χ2v) is 7.86. The molecule has 1 aliphatic carbocycles. The monoisotopic (exact) mass is 410 g/mol. The van der Waals surface area contributed by atoms with Crippen LogP contribution in [0.25, 0.3) is 6.08 Å². The minimum Gasteiger partial charge on any atom is -0.468 e. The number of rotatable bonds is 9. The highest BCUT2D eigenvalue weighted by Crippen LogP contribution is 2.22. The quantitative estimate of drug-likeness (QED) is 0.460.